The lowest BCUT2D eigenvalue weighted by atomic mass is 9.91. The first-order valence-electron chi connectivity index (χ1n) is 5.21. The molecule has 12 heavy (non-hydrogen) atoms. The molecule has 1 N–H and O–H groups in total. The maximum Gasteiger partial charge on any atom is 0.0612 e. The van der Waals surface area contributed by atoms with Crippen LogP contribution in [0.15, 0.2) is 12.2 Å². The average molecular weight is 168 g/mol. The van der Waals surface area contributed by atoms with Crippen molar-refractivity contribution in [3.63, 3.8) is 0 Å². The standard InChI is InChI=1S/C11H20O/c12-10-6-9-11-7-4-2-1-3-5-8-11/h6,9,11-12H,1-5,7-8,10H2/b9-6+. The fourth-order valence-electron chi connectivity index (χ4n) is 1.93. The van der Waals surface area contributed by atoms with E-state index in [0.717, 1.165) is 5.92 Å². The Kier molecular flexibility index (Phi) is 5.09. The zero-order chi connectivity index (χ0) is 8.65. The van der Waals surface area contributed by atoms with Gasteiger partial charge in [-0.25, -0.2) is 0 Å². The minimum atomic E-state index is 0.205. The Bertz CT molecular complexity index is 121. The first kappa shape index (κ1) is 9.79. The fourth-order valence-corrected chi connectivity index (χ4v) is 1.93. The second-order valence-corrected chi connectivity index (χ2v) is 3.72. The van der Waals surface area contributed by atoms with Gasteiger partial charge in [-0.1, -0.05) is 44.3 Å². The highest BCUT2D eigenvalue weighted by Crippen LogP contribution is 2.22. The van der Waals surface area contributed by atoms with Crippen LogP contribution in [0, 0.1) is 5.92 Å². The molecule has 0 unspecified atom stereocenters. The second-order valence-electron chi connectivity index (χ2n) is 3.72. The van der Waals surface area contributed by atoms with Crippen molar-refractivity contribution in [2.45, 2.75) is 44.9 Å². The molecule has 0 spiro atoms. The molecule has 1 aliphatic carbocycles. The van der Waals surface area contributed by atoms with Gasteiger partial charge < -0.3 is 5.11 Å². The zero-order valence-corrected chi connectivity index (χ0v) is 7.84. The van der Waals surface area contributed by atoms with Crippen LogP contribution >= 0.6 is 0 Å². The van der Waals surface area contributed by atoms with Crippen molar-refractivity contribution in [2.75, 3.05) is 6.61 Å². The summed E-state index contributed by atoms with van der Waals surface area (Å²) in [5, 5.41) is 8.64. The van der Waals surface area contributed by atoms with Crippen LogP contribution in [0.5, 0.6) is 0 Å². The molecule has 1 rings (SSSR count). The SMILES string of the molecule is OC/C=C/C1CCCCCCC1. The summed E-state index contributed by atoms with van der Waals surface area (Å²) < 4.78 is 0. The summed E-state index contributed by atoms with van der Waals surface area (Å²) >= 11 is 0. The fraction of sp³-hybridized carbons (Fsp3) is 0.818. The normalized spacial score (nSPS) is 22.4. The van der Waals surface area contributed by atoms with Crippen LogP contribution in [0.3, 0.4) is 0 Å². The number of aliphatic hydroxyl groups excluding tert-OH is 1. The van der Waals surface area contributed by atoms with Crippen LogP contribution < -0.4 is 0 Å². The highest BCUT2D eigenvalue weighted by atomic mass is 16.2. The van der Waals surface area contributed by atoms with Gasteiger partial charge in [0.1, 0.15) is 0 Å². The maximum absolute atomic E-state index is 8.64. The lowest BCUT2D eigenvalue weighted by Gasteiger charge is -2.15. The molecule has 1 saturated carbocycles. The summed E-state index contributed by atoms with van der Waals surface area (Å²) in [4.78, 5) is 0. The third kappa shape index (κ3) is 3.91. The van der Waals surface area contributed by atoms with Gasteiger partial charge in [-0.15, -0.1) is 0 Å². The van der Waals surface area contributed by atoms with E-state index in [1.807, 2.05) is 6.08 Å². The minimum absolute atomic E-state index is 0.205. The molecular weight excluding hydrogens is 148 g/mol. The first-order chi connectivity index (χ1) is 5.93. The van der Waals surface area contributed by atoms with Crippen molar-refractivity contribution >= 4 is 0 Å². The summed E-state index contributed by atoms with van der Waals surface area (Å²) in [6, 6.07) is 0. The van der Waals surface area contributed by atoms with Gasteiger partial charge in [0.05, 0.1) is 6.61 Å². The van der Waals surface area contributed by atoms with E-state index < -0.39 is 0 Å². The van der Waals surface area contributed by atoms with Crippen LogP contribution in [0.2, 0.25) is 0 Å². The van der Waals surface area contributed by atoms with E-state index in [1.165, 1.54) is 44.9 Å². The van der Waals surface area contributed by atoms with Gasteiger partial charge in [-0.3, -0.25) is 0 Å². The third-order valence-corrected chi connectivity index (χ3v) is 2.66. The topological polar surface area (TPSA) is 20.2 Å². The highest BCUT2D eigenvalue weighted by Gasteiger charge is 2.07. The van der Waals surface area contributed by atoms with Crippen molar-refractivity contribution < 1.29 is 5.11 Å². The molecule has 0 aromatic heterocycles. The van der Waals surface area contributed by atoms with E-state index in [-0.39, 0.29) is 6.61 Å². The molecule has 1 heteroatoms. The predicted octanol–water partition coefficient (Wildman–Crippen LogP) is 2.90. The zero-order valence-electron chi connectivity index (χ0n) is 7.84. The van der Waals surface area contributed by atoms with Crippen molar-refractivity contribution in [1.82, 2.24) is 0 Å². The molecule has 1 aliphatic rings. The summed E-state index contributed by atoms with van der Waals surface area (Å²) in [5.74, 6) is 0.748. The molecule has 70 valence electrons. The molecule has 0 saturated heterocycles. The van der Waals surface area contributed by atoms with Crippen LogP contribution in [-0.4, -0.2) is 11.7 Å². The molecule has 0 aromatic rings. The third-order valence-electron chi connectivity index (χ3n) is 2.66. The Morgan fingerprint density at radius 2 is 1.58 bits per heavy atom. The summed E-state index contributed by atoms with van der Waals surface area (Å²) in [6.07, 6.45) is 13.7. The van der Waals surface area contributed by atoms with Crippen LogP contribution in [0.4, 0.5) is 0 Å². The molecular formula is C11H20O. The van der Waals surface area contributed by atoms with Gasteiger partial charge in [0.15, 0.2) is 0 Å². The molecule has 0 bridgehead atoms. The quantitative estimate of drug-likeness (QED) is 0.629. The van der Waals surface area contributed by atoms with Gasteiger partial charge in [-0.2, -0.15) is 0 Å². The molecule has 1 nitrogen and oxygen atoms in total. The van der Waals surface area contributed by atoms with E-state index in [9.17, 15) is 0 Å². The number of hydrogen-bond donors (Lipinski definition) is 1. The van der Waals surface area contributed by atoms with Crippen LogP contribution in [-0.2, 0) is 0 Å². The maximum atomic E-state index is 8.64. The largest absolute Gasteiger partial charge is 0.392 e. The smallest absolute Gasteiger partial charge is 0.0612 e. The number of aliphatic hydroxyl groups is 1. The minimum Gasteiger partial charge on any atom is -0.392 e. The Balaban J connectivity index is 2.24. The van der Waals surface area contributed by atoms with Gasteiger partial charge >= 0.3 is 0 Å². The van der Waals surface area contributed by atoms with Crippen molar-refractivity contribution in [2.24, 2.45) is 5.92 Å². The highest BCUT2D eigenvalue weighted by molar-refractivity contribution is 4.88. The van der Waals surface area contributed by atoms with Crippen molar-refractivity contribution in [3.8, 4) is 0 Å². The molecule has 0 radical (unpaired) electrons. The van der Waals surface area contributed by atoms with Gasteiger partial charge in [0.25, 0.3) is 0 Å². The van der Waals surface area contributed by atoms with E-state index in [2.05, 4.69) is 6.08 Å². The number of hydrogen-bond acceptors (Lipinski definition) is 1. The Hall–Kier alpha value is -0.300. The lowest BCUT2D eigenvalue weighted by molar-refractivity contribution is 0.340. The van der Waals surface area contributed by atoms with Gasteiger partial charge in [0.2, 0.25) is 0 Å². The van der Waals surface area contributed by atoms with Crippen molar-refractivity contribution in [3.05, 3.63) is 12.2 Å². The molecule has 1 fully saturated rings. The predicted molar refractivity (Wildman–Crippen MR) is 52.0 cm³/mol. The molecule has 0 aromatic carbocycles. The number of allylic oxidation sites excluding steroid dienone is 1. The second kappa shape index (κ2) is 6.24. The monoisotopic (exact) mass is 168 g/mol. The van der Waals surface area contributed by atoms with E-state index in [0.29, 0.717) is 0 Å². The molecule has 0 aliphatic heterocycles. The summed E-state index contributed by atoms with van der Waals surface area (Å²) in [7, 11) is 0. The lowest BCUT2D eigenvalue weighted by Crippen LogP contribution is -2.00. The summed E-state index contributed by atoms with van der Waals surface area (Å²) in [6.45, 7) is 0.205. The molecule has 0 atom stereocenters. The van der Waals surface area contributed by atoms with E-state index in [1.54, 1.807) is 0 Å². The van der Waals surface area contributed by atoms with Crippen LogP contribution in [0.25, 0.3) is 0 Å². The summed E-state index contributed by atoms with van der Waals surface area (Å²) in [5.41, 5.74) is 0. The van der Waals surface area contributed by atoms with Crippen LogP contribution in [0.1, 0.15) is 44.9 Å². The Morgan fingerprint density at radius 1 is 1.00 bits per heavy atom. The Labute approximate surface area is 75.5 Å². The van der Waals surface area contributed by atoms with Crippen molar-refractivity contribution in [1.29, 1.82) is 0 Å². The first-order valence-corrected chi connectivity index (χ1v) is 5.21. The molecule has 0 heterocycles. The molecule has 0 amide bonds. The number of rotatable bonds is 2. The van der Waals surface area contributed by atoms with E-state index >= 15 is 0 Å². The van der Waals surface area contributed by atoms with Gasteiger partial charge in [-0.05, 0) is 18.8 Å². The average Bonchev–Trinajstić information content (AvgIpc) is 2.02. The van der Waals surface area contributed by atoms with Gasteiger partial charge in [0, 0.05) is 0 Å². The Morgan fingerprint density at radius 3 is 2.17 bits per heavy atom. The van der Waals surface area contributed by atoms with E-state index in [4.69, 9.17) is 5.11 Å².